The maximum Gasteiger partial charge on any atom is 0.256 e. The highest BCUT2D eigenvalue weighted by atomic mass is 19.1. The Morgan fingerprint density at radius 1 is 1.12 bits per heavy atom. The van der Waals surface area contributed by atoms with Crippen LogP contribution in [0.5, 0.6) is 0 Å². The molecule has 0 bridgehead atoms. The second-order valence-electron chi connectivity index (χ2n) is 6.52. The molecule has 4 rings (SSSR count). The first-order valence-electron chi connectivity index (χ1n) is 8.02. The van der Waals surface area contributed by atoms with Crippen LogP contribution in [0.15, 0.2) is 48.5 Å². The summed E-state index contributed by atoms with van der Waals surface area (Å²) in [4.78, 5) is 26.8. The summed E-state index contributed by atoms with van der Waals surface area (Å²) in [5, 5.41) is 2.95. The van der Waals surface area contributed by atoms with Gasteiger partial charge in [0.1, 0.15) is 5.82 Å². The number of para-hydroxylation sites is 1. The van der Waals surface area contributed by atoms with Gasteiger partial charge in [-0.15, -0.1) is 0 Å². The topological polar surface area (TPSA) is 49.4 Å². The lowest BCUT2D eigenvalue weighted by Crippen LogP contribution is -2.44. The van der Waals surface area contributed by atoms with Crippen LogP contribution in [0.3, 0.4) is 0 Å². The van der Waals surface area contributed by atoms with E-state index >= 15 is 0 Å². The van der Waals surface area contributed by atoms with E-state index in [2.05, 4.69) is 5.32 Å². The fourth-order valence-electron chi connectivity index (χ4n) is 3.68. The molecule has 2 heterocycles. The number of likely N-dealkylation sites (tertiary alicyclic amines) is 1. The standard InChI is InChI=1S/C19H17FN2O2/c20-15-7-3-2-6-14(15)17(23)22-10-9-19(12-22)11-13-5-1-4-8-16(13)21-18(19)24/h1-8H,9-12H2,(H,21,24). The molecule has 2 amide bonds. The van der Waals surface area contributed by atoms with Crippen LogP contribution in [-0.2, 0) is 11.2 Å². The van der Waals surface area contributed by atoms with Crippen molar-refractivity contribution in [2.75, 3.05) is 18.4 Å². The van der Waals surface area contributed by atoms with Crippen LogP contribution in [0.1, 0.15) is 22.3 Å². The summed E-state index contributed by atoms with van der Waals surface area (Å²) in [5.74, 6) is -0.927. The van der Waals surface area contributed by atoms with Gasteiger partial charge in [-0.3, -0.25) is 9.59 Å². The molecule has 1 spiro atoms. The lowest BCUT2D eigenvalue weighted by molar-refractivity contribution is -0.125. The van der Waals surface area contributed by atoms with Gasteiger partial charge in [-0.25, -0.2) is 4.39 Å². The number of carbonyl (C=O) groups excluding carboxylic acids is 2. The lowest BCUT2D eigenvalue weighted by Gasteiger charge is -2.33. The molecular weight excluding hydrogens is 307 g/mol. The van der Waals surface area contributed by atoms with Gasteiger partial charge in [-0.1, -0.05) is 30.3 Å². The normalized spacial score (nSPS) is 22.4. The fraction of sp³-hybridized carbons (Fsp3) is 0.263. The third-order valence-electron chi connectivity index (χ3n) is 5.02. The van der Waals surface area contributed by atoms with Gasteiger partial charge >= 0.3 is 0 Å². The van der Waals surface area contributed by atoms with Crippen LogP contribution >= 0.6 is 0 Å². The molecule has 2 aliphatic heterocycles. The molecule has 1 N–H and O–H groups in total. The van der Waals surface area contributed by atoms with Crippen LogP contribution in [-0.4, -0.2) is 29.8 Å². The number of nitrogens with one attached hydrogen (secondary N) is 1. The number of fused-ring (bicyclic) bond motifs is 1. The Balaban J connectivity index is 1.59. The Hall–Kier alpha value is -2.69. The molecule has 122 valence electrons. The summed E-state index contributed by atoms with van der Waals surface area (Å²) in [6, 6.07) is 13.7. The summed E-state index contributed by atoms with van der Waals surface area (Å²) in [6.45, 7) is 0.781. The van der Waals surface area contributed by atoms with Gasteiger partial charge in [0.25, 0.3) is 5.91 Å². The number of carbonyl (C=O) groups is 2. The molecule has 0 aliphatic carbocycles. The average Bonchev–Trinajstić information content (AvgIpc) is 3.01. The van der Waals surface area contributed by atoms with E-state index in [1.807, 2.05) is 24.3 Å². The molecule has 1 fully saturated rings. The number of hydrogen-bond donors (Lipinski definition) is 1. The van der Waals surface area contributed by atoms with Gasteiger partial charge in [0, 0.05) is 18.8 Å². The van der Waals surface area contributed by atoms with Crippen molar-refractivity contribution in [1.29, 1.82) is 0 Å². The van der Waals surface area contributed by atoms with Gasteiger partial charge in [-0.2, -0.15) is 0 Å². The largest absolute Gasteiger partial charge is 0.337 e. The third kappa shape index (κ3) is 2.28. The Morgan fingerprint density at radius 3 is 2.71 bits per heavy atom. The highest BCUT2D eigenvalue weighted by molar-refractivity contribution is 6.00. The first-order valence-corrected chi connectivity index (χ1v) is 8.02. The molecule has 24 heavy (non-hydrogen) atoms. The van der Waals surface area contributed by atoms with E-state index in [1.54, 1.807) is 17.0 Å². The van der Waals surface area contributed by atoms with Gasteiger partial charge in [0.15, 0.2) is 0 Å². The van der Waals surface area contributed by atoms with Gasteiger partial charge in [0.05, 0.1) is 11.0 Å². The second kappa shape index (κ2) is 5.44. The molecule has 1 saturated heterocycles. The highest BCUT2D eigenvalue weighted by Gasteiger charge is 2.48. The Bertz CT molecular complexity index is 836. The summed E-state index contributed by atoms with van der Waals surface area (Å²) in [5.41, 5.74) is 1.37. The zero-order valence-corrected chi connectivity index (χ0v) is 13.1. The molecule has 0 aromatic heterocycles. The van der Waals surface area contributed by atoms with Crippen LogP contribution in [0.2, 0.25) is 0 Å². The van der Waals surface area contributed by atoms with Crippen molar-refractivity contribution in [3.05, 3.63) is 65.5 Å². The van der Waals surface area contributed by atoms with Crippen molar-refractivity contribution >= 4 is 17.5 Å². The van der Waals surface area contributed by atoms with Crippen molar-refractivity contribution in [3.63, 3.8) is 0 Å². The monoisotopic (exact) mass is 324 g/mol. The Labute approximate surface area is 139 Å². The summed E-state index contributed by atoms with van der Waals surface area (Å²) < 4.78 is 13.9. The van der Waals surface area contributed by atoms with E-state index in [9.17, 15) is 14.0 Å². The van der Waals surface area contributed by atoms with Crippen LogP contribution < -0.4 is 5.32 Å². The van der Waals surface area contributed by atoms with Crippen molar-refractivity contribution in [3.8, 4) is 0 Å². The molecule has 0 saturated carbocycles. The van der Waals surface area contributed by atoms with Gasteiger partial charge in [0.2, 0.25) is 5.91 Å². The number of rotatable bonds is 1. The van der Waals surface area contributed by atoms with Gasteiger partial charge in [-0.05, 0) is 36.6 Å². The number of amides is 2. The number of benzene rings is 2. The molecule has 4 nitrogen and oxygen atoms in total. The van der Waals surface area contributed by atoms with E-state index in [0.29, 0.717) is 25.9 Å². The molecule has 2 aliphatic rings. The zero-order chi connectivity index (χ0) is 16.7. The minimum atomic E-state index is -0.616. The predicted octanol–water partition coefficient (Wildman–Crippen LogP) is 2.85. The van der Waals surface area contributed by atoms with Gasteiger partial charge < -0.3 is 10.2 Å². The molecule has 2 aromatic carbocycles. The van der Waals surface area contributed by atoms with Crippen LogP contribution in [0, 0.1) is 11.2 Å². The third-order valence-corrected chi connectivity index (χ3v) is 5.02. The van der Waals surface area contributed by atoms with E-state index in [-0.39, 0.29) is 17.4 Å². The lowest BCUT2D eigenvalue weighted by atomic mass is 9.77. The molecule has 0 radical (unpaired) electrons. The zero-order valence-electron chi connectivity index (χ0n) is 13.1. The quantitative estimate of drug-likeness (QED) is 0.877. The maximum absolute atomic E-state index is 13.9. The SMILES string of the molecule is O=C(c1ccccc1F)N1CCC2(Cc3ccccc3NC2=O)C1. The second-order valence-corrected chi connectivity index (χ2v) is 6.52. The van der Waals surface area contributed by atoms with E-state index in [0.717, 1.165) is 11.3 Å². The summed E-state index contributed by atoms with van der Waals surface area (Å²) >= 11 is 0. The van der Waals surface area contributed by atoms with E-state index < -0.39 is 11.2 Å². The minimum Gasteiger partial charge on any atom is -0.337 e. The smallest absolute Gasteiger partial charge is 0.256 e. The number of halogens is 1. The molecule has 2 aromatic rings. The van der Waals surface area contributed by atoms with Crippen LogP contribution in [0.4, 0.5) is 10.1 Å². The van der Waals surface area contributed by atoms with E-state index in [1.165, 1.54) is 12.1 Å². The summed E-state index contributed by atoms with van der Waals surface area (Å²) in [6.07, 6.45) is 1.20. The number of anilines is 1. The van der Waals surface area contributed by atoms with Crippen molar-refractivity contribution < 1.29 is 14.0 Å². The average molecular weight is 324 g/mol. The Kier molecular flexibility index (Phi) is 3.37. The molecule has 1 unspecified atom stereocenters. The predicted molar refractivity (Wildman–Crippen MR) is 88.1 cm³/mol. The first-order chi connectivity index (χ1) is 11.6. The maximum atomic E-state index is 13.9. The van der Waals surface area contributed by atoms with Crippen molar-refractivity contribution in [1.82, 2.24) is 4.90 Å². The molecule has 1 atom stereocenters. The minimum absolute atomic E-state index is 0.0509. The van der Waals surface area contributed by atoms with Crippen molar-refractivity contribution in [2.24, 2.45) is 5.41 Å². The highest BCUT2D eigenvalue weighted by Crippen LogP contribution is 2.41. The first kappa shape index (κ1) is 14.9. The summed E-state index contributed by atoms with van der Waals surface area (Å²) in [7, 11) is 0. The molecular formula is C19H17FN2O2. The van der Waals surface area contributed by atoms with Crippen LogP contribution in [0.25, 0.3) is 0 Å². The van der Waals surface area contributed by atoms with E-state index in [4.69, 9.17) is 0 Å². The molecule has 5 heteroatoms. The number of hydrogen-bond acceptors (Lipinski definition) is 2. The van der Waals surface area contributed by atoms with Crippen molar-refractivity contribution in [2.45, 2.75) is 12.8 Å². The number of nitrogens with zero attached hydrogens (tertiary/aromatic N) is 1. The fourth-order valence-corrected chi connectivity index (χ4v) is 3.68. The Morgan fingerprint density at radius 2 is 1.88 bits per heavy atom.